The van der Waals surface area contributed by atoms with Crippen molar-refractivity contribution in [1.82, 2.24) is 5.32 Å². The average molecular weight is 313 g/mol. The smallest absolute Gasteiger partial charge is 0.240 e. The van der Waals surface area contributed by atoms with Gasteiger partial charge < -0.3 is 11.1 Å². The molecule has 0 heterocycles. The summed E-state index contributed by atoms with van der Waals surface area (Å²) in [5.74, 6) is -0.0806. The van der Waals surface area contributed by atoms with Gasteiger partial charge in [0.2, 0.25) is 5.91 Å². The van der Waals surface area contributed by atoms with Crippen LogP contribution in [0.4, 0.5) is 0 Å². The van der Waals surface area contributed by atoms with E-state index in [1.807, 2.05) is 45.0 Å². The van der Waals surface area contributed by atoms with Crippen LogP contribution in [0, 0.1) is 0 Å². The van der Waals surface area contributed by atoms with Crippen molar-refractivity contribution in [3.63, 3.8) is 0 Å². The number of carbonyl (C=O) groups is 1. The summed E-state index contributed by atoms with van der Waals surface area (Å²) in [5.41, 5.74) is 6.38. The molecule has 1 atom stereocenters. The van der Waals surface area contributed by atoms with E-state index >= 15 is 0 Å². The molecule has 0 unspecified atom stereocenters. The maximum absolute atomic E-state index is 12.1. The van der Waals surface area contributed by atoms with Crippen molar-refractivity contribution >= 4 is 21.8 Å². The van der Waals surface area contributed by atoms with Crippen molar-refractivity contribution in [1.29, 1.82) is 0 Å². The first-order valence-corrected chi connectivity index (χ1v) is 7.07. The molecule has 100 valence electrons. The van der Waals surface area contributed by atoms with Crippen LogP contribution in [0.25, 0.3) is 0 Å². The number of benzene rings is 1. The van der Waals surface area contributed by atoms with Gasteiger partial charge in [0, 0.05) is 4.47 Å². The third-order valence-electron chi connectivity index (χ3n) is 3.43. The zero-order valence-corrected chi connectivity index (χ0v) is 12.8. The second-order valence-corrected chi connectivity index (χ2v) is 5.53. The molecule has 1 aromatic rings. The molecule has 3 N–H and O–H groups in total. The molecule has 0 spiro atoms. The van der Waals surface area contributed by atoms with Gasteiger partial charge in [-0.25, -0.2) is 0 Å². The predicted molar refractivity (Wildman–Crippen MR) is 78.2 cm³/mol. The van der Waals surface area contributed by atoms with Gasteiger partial charge in [0.1, 0.15) is 0 Å². The first kappa shape index (κ1) is 15.2. The molecule has 18 heavy (non-hydrogen) atoms. The van der Waals surface area contributed by atoms with Crippen LogP contribution in [0.2, 0.25) is 0 Å². The fourth-order valence-electron chi connectivity index (χ4n) is 1.75. The quantitative estimate of drug-likeness (QED) is 0.877. The largest absolute Gasteiger partial charge is 0.348 e. The third-order valence-corrected chi connectivity index (χ3v) is 3.96. The lowest BCUT2D eigenvalue weighted by Gasteiger charge is -2.27. The van der Waals surface area contributed by atoms with Crippen molar-refractivity contribution in [2.24, 2.45) is 5.73 Å². The van der Waals surface area contributed by atoms with Gasteiger partial charge in [-0.3, -0.25) is 4.79 Å². The number of rotatable bonds is 5. The Morgan fingerprint density at radius 3 is 2.28 bits per heavy atom. The van der Waals surface area contributed by atoms with Crippen molar-refractivity contribution in [3.8, 4) is 0 Å². The molecule has 1 aromatic carbocycles. The number of nitrogens with one attached hydrogen (secondary N) is 1. The molecule has 4 heteroatoms. The lowest BCUT2D eigenvalue weighted by Crippen LogP contribution is -2.53. The van der Waals surface area contributed by atoms with Crippen molar-refractivity contribution in [2.75, 3.05) is 0 Å². The molecule has 0 saturated carbocycles. The molecule has 0 fully saturated rings. The summed E-state index contributed by atoms with van der Waals surface area (Å²) in [5, 5.41) is 2.98. The van der Waals surface area contributed by atoms with Crippen LogP contribution >= 0.6 is 15.9 Å². The minimum absolute atomic E-state index is 0.0355. The molecule has 1 rings (SSSR count). The normalized spacial score (nSPS) is 13.2. The molecule has 0 aliphatic carbocycles. The fraction of sp³-hybridized carbons (Fsp3) is 0.500. The molecule has 0 aromatic heterocycles. The van der Waals surface area contributed by atoms with Gasteiger partial charge in [-0.1, -0.05) is 41.9 Å². The average Bonchev–Trinajstić information content (AvgIpc) is 2.38. The van der Waals surface area contributed by atoms with Gasteiger partial charge in [-0.15, -0.1) is 0 Å². The highest BCUT2D eigenvalue weighted by Crippen LogP contribution is 2.18. The van der Waals surface area contributed by atoms with E-state index in [-0.39, 0.29) is 11.9 Å². The monoisotopic (exact) mass is 312 g/mol. The number of hydrogen-bond donors (Lipinski definition) is 2. The van der Waals surface area contributed by atoms with Crippen LogP contribution in [0.1, 0.15) is 45.2 Å². The molecule has 0 saturated heterocycles. The summed E-state index contributed by atoms with van der Waals surface area (Å²) in [6.07, 6.45) is 1.28. The predicted octanol–water partition coefficient (Wildman–Crippen LogP) is 3.14. The van der Waals surface area contributed by atoms with Crippen molar-refractivity contribution in [3.05, 3.63) is 34.3 Å². The highest BCUT2D eigenvalue weighted by molar-refractivity contribution is 9.10. The SMILES string of the molecule is CCC(N)(CC)C(=O)N[C@@H](C)c1ccc(Br)cc1. The lowest BCUT2D eigenvalue weighted by atomic mass is 9.92. The van der Waals surface area contributed by atoms with E-state index in [9.17, 15) is 4.79 Å². The lowest BCUT2D eigenvalue weighted by molar-refractivity contribution is -0.127. The number of nitrogens with two attached hydrogens (primary N) is 1. The topological polar surface area (TPSA) is 55.1 Å². The fourth-order valence-corrected chi connectivity index (χ4v) is 2.01. The number of halogens is 1. The Bertz CT molecular complexity index is 399. The molecular formula is C14H21BrN2O. The summed E-state index contributed by atoms with van der Waals surface area (Å²) < 4.78 is 1.03. The summed E-state index contributed by atoms with van der Waals surface area (Å²) in [6, 6.07) is 7.88. The van der Waals surface area contributed by atoms with E-state index in [0.717, 1.165) is 10.0 Å². The van der Waals surface area contributed by atoms with E-state index < -0.39 is 5.54 Å². The van der Waals surface area contributed by atoms with E-state index in [4.69, 9.17) is 5.73 Å². The summed E-state index contributed by atoms with van der Waals surface area (Å²) in [4.78, 5) is 12.1. The van der Waals surface area contributed by atoms with Crippen LogP contribution in [0.5, 0.6) is 0 Å². The second-order valence-electron chi connectivity index (χ2n) is 4.61. The molecule has 0 aliphatic heterocycles. The van der Waals surface area contributed by atoms with Gasteiger partial charge in [0.15, 0.2) is 0 Å². The zero-order valence-electron chi connectivity index (χ0n) is 11.2. The van der Waals surface area contributed by atoms with Gasteiger partial charge in [-0.2, -0.15) is 0 Å². The minimum Gasteiger partial charge on any atom is -0.348 e. The maximum Gasteiger partial charge on any atom is 0.240 e. The first-order valence-electron chi connectivity index (χ1n) is 6.28. The highest BCUT2D eigenvalue weighted by Gasteiger charge is 2.30. The zero-order chi connectivity index (χ0) is 13.8. The summed E-state index contributed by atoms with van der Waals surface area (Å²) in [7, 11) is 0. The minimum atomic E-state index is -0.760. The Hall–Kier alpha value is -0.870. The number of amides is 1. The molecular weight excluding hydrogens is 292 g/mol. The third kappa shape index (κ3) is 3.56. The van der Waals surface area contributed by atoms with E-state index in [2.05, 4.69) is 21.2 Å². The Kier molecular flexibility index (Phi) is 5.35. The van der Waals surface area contributed by atoms with Crippen LogP contribution in [0.3, 0.4) is 0 Å². The Morgan fingerprint density at radius 1 is 1.33 bits per heavy atom. The Balaban J connectivity index is 2.73. The van der Waals surface area contributed by atoms with E-state index in [0.29, 0.717) is 12.8 Å². The Labute approximate surface area is 117 Å². The van der Waals surface area contributed by atoms with Crippen molar-refractivity contribution in [2.45, 2.75) is 45.2 Å². The maximum atomic E-state index is 12.1. The van der Waals surface area contributed by atoms with E-state index in [1.165, 1.54) is 0 Å². The van der Waals surface area contributed by atoms with Gasteiger partial charge in [0.25, 0.3) is 0 Å². The van der Waals surface area contributed by atoms with Gasteiger partial charge in [0.05, 0.1) is 11.6 Å². The molecule has 0 aliphatic rings. The second kappa shape index (κ2) is 6.34. The molecule has 3 nitrogen and oxygen atoms in total. The summed E-state index contributed by atoms with van der Waals surface area (Å²) in [6.45, 7) is 5.84. The van der Waals surface area contributed by atoms with Crippen LogP contribution in [0.15, 0.2) is 28.7 Å². The Morgan fingerprint density at radius 2 is 1.83 bits per heavy atom. The van der Waals surface area contributed by atoms with Gasteiger partial charge in [-0.05, 0) is 37.5 Å². The highest BCUT2D eigenvalue weighted by atomic mass is 79.9. The summed E-state index contributed by atoms with van der Waals surface area (Å²) >= 11 is 3.39. The van der Waals surface area contributed by atoms with Crippen molar-refractivity contribution < 1.29 is 4.79 Å². The van der Waals surface area contributed by atoms with Crippen LogP contribution in [-0.2, 0) is 4.79 Å². The molecule has 0 radical (unpaired) electrons. The molecule has 1 amide bonds. The van der Waals surface area contributed by atoms with Crippen LogP contribution < -0.4 is 11.1 Å². The van der Waals surface area contributed by atoms with E-state index in [1.54, 1.807) is 0 Å². The number of hydrogen-bond acceptors (Lipinski definition) is 2. The number of carbonyl (C=O) groups excluding carboxylic acids is 1. The van der Waals surface area contributed by atoms with Gasteiger partial charge >= 0.3 is 0 Å². The standard InChI is InChI=1S/C14H21BrN2O/c1-4-14(16,5-2)13(18)17-10(3)11-6-8-12(15)9-7-11/h6-10H,4-5,16H2,1-3H3,(H,17,18)/t10-/m0/s1. The molecule has 0 bridgehead atoms. The first-order chi connectivity index (χ1) is 8.42. The van der Waals surface area contributed by atoms with Crippen LogP contribution in [-0.4, -0.2) is 11.4 Å².